The first kappa shape index (κ1) is 13.9. The summed E-state index contributed by atoms with van der Waals surface area (Å²) in [6.07, 6.45) is 9.20. The normalized spacial score (nSPS) is 43.6. The van der Waals surface area contributed by atoms with Crippen LogP contribution in [0.4, 0.5) is 0 Å². The van der Waals surface area contributed by atoms with Crippen LogP contribution in [0.15, 0.2) is 0 Å². The van der Waals surface area contributed by atoms with E-state index in [2.05, 4.69) is 20.8 Å². The van der Waals surface area contributed by atoms with Gasteiger partial charge in [-0.25, -0.2) is 0 Å². The van der Waals surface area contributed by atoms with Crippen LogP contribution >= 0.6 is 0 Å². The number of hydrogen-bond donors (Lipinski definition) is 1. The molecule has 3 aliphatic rings. The van der Waals surface area contributed by atoms with E-state index in [9.17, 15) is 5.11 Å². The number of aliphatic hydroxyl groups is 1. The highest BCUT2D eigenvalue weighted by Crippen LogP contribution is 2.68. The van der Waals surface area contributed by atoms with E-state index in [-0.39, 0.29) is 0 Å². The van der Waals surface area contributed by atoms with Crippen molar-refractivity contribution in [2.24, 2.45) is 22.7 Å². The first-order chi connectivity index (χ1) is 8.87. The lowest BCUT2D eigenvalue weighted by molar-refractivity contribution is -0.231. The quantitative estimate of drug-likeness (QED) is 0.779. The molecule has 2 heteroatoms. The number of rotatable bonds is 3. The molecule has 3 saturated carbocycles. The molecule has 0 aromatic carbocycles. The second-order valence-corrected chi connectivity index (χ2v) is 8.13. The third-order valence-electron chi connectivity index (χ3n) is 7.16. The molecule has 3 atom stereocenters. The maximum Gasteiger partial charge on any atom is 0.165 e. The molecule has 0 aromatic rings. The molecule has 3 fully saturated rings. The van der Waals surface area contributed by atoms with Crippen molar-refractivity contribution in [3.8, 4) is 0 Å². The predicted molar refractivity (Wildman–Crippen MR) is 76.7 cm³/mol. The van der Waals surface area contributed by atoms with Crippen LogP contribution in [0.3, 0.4) is 0 Å². The minimum Gasteiger partial charge on any atom is -0.365 e. The molecule has 3 aliphatic carbocycles. The Hall–Kier alpha value is -0.0800. The van der Waals surface area contributed by atoms with Crippen molar-refractivity contribution in [2.45, 2.75) is 77.9 Å². The zero-order valence-electron chi connectivity index (χ0n) is 12.9. The molecule has 0 heterocycles. The fraction of sp³-hybridized carbons (Fsp3) is 1.00. The lowest BCUT2D eigenvalue weighted by Crippen LogP contribution is -2.40. The van der Waals surface area contributed by atoms with Gasteiger partial charge in [0, 0.05) is 12.8 Å². The first-order valence-electron chi connectivity index (χ1n) is 8.24. The smallest absolute Gasteiger partial charge is 0.165 e. The van der Waals surface area contributed by atoms with Crippen molar-refractivity contribution < 1.29 is 9.84 Å². The van der Waals surface area contributed by atoms with E-state index in [4.69, 9.17) is 4.74 Å². The lowest BCUT2D eigenvalue weighted by atomic mass is 9.67. The summed E-state index contributed by atoms with van der Waals surface area (Å²) in [6.45, 7) is 8.12. The van der Waals surface area contributed by atoms with Crippen LogP contribution in [-0.4, -0.2) is 17.5 Å². The Morgan fingerprint density at radius 3 is 2.26 bits per heavy atom. The summed E-state index contributed by atoms with van der Waals surface area (Å²) in [5.74, 6) is 0.708. The fourth-order valence-electron chi connectivity index (χ4n) is 5.13. The Balaban J connectivity index is 1.63. The third kappa shape index (κ3) is 2.06. The summed E-state index contributed by atoms with van der Waals surface area (Å²) in [7, 11) is 0. The molecule has 0 unspecified atom stereocenters. The van der Waals surface area contributed by atoms with Gasteiger partial charge in [0.15, 0.2) is 5.79 Å². The predicted octanol–water partition coefficient (Wildman–Crippen LogP) is 4.12. The summed E-state index contributed by atoms with van der Waals surface area (Å²) >= 11 is 0. The minimum absolute atomic E-state index is 0.419. The van der Waals surface area contributed by atoms with Gasteiger partial charge in [0.1, 0.15) is 0 Å². The summed E-state index contributed by atoms with van der Waals surface area (Å²) < 4.78 is 6.02. The molecular weight excluding hydrogens is 236 g/mol. The highest BCUT2D eigenvalue weighted by Gasteiger charge is 2.61. The van der Waals surface area contributed by atoms with Gasteiger partial charge in [-0.05, 0) is 54.8 Å². The second-order valence-electron chi connectivity index (χ2n) is 8.13. The Morgan fingerprint density at radius 1 is 1.05 bits per heavy atom. The van der Waals surface area contributed by atoms with E-state index >= 15 is 0 Å². The van der Waals surface area contributed by atoms with Crippen molar-refractivity contribution in [3.63, 3.8) is 0 Å². The van der Waals surface area contributed by atoms with E-state index in [1.807, 2.05) is 0 Å². The van der Waals surface area contributed by atoms with Crippen LogP contribution in [-0.2, 0) is 4.74 Å². The summed E-state index contributed by atoms with van der Waals surface area (Å²) in [5.41, 5.74) is 0.874. The van der Waals surface area contributed by atoms with E-state index in [1.54, 1.807) is 0 Å². The van der Waals surface area contributed by atoms with Crippen molar-refractivity contribution in [3.05, 3.63) is 0 Å². The Bertz CT molecular complexity index is 343. The van der Waals surface area contributed by atoms with Crippen molar-refractivity contribution in [1.29, 1.82) is 0 Å². The largest absolute Gasteiger partial charge is 0.365 e. The molecule has 0 amide bonds. The van der Waals surface area contributed by atoms with Gasteiger partial charge in [0.05, 0.1) is 6.61 Å². The molecule has 19 heavy (non-hydrogen) atoms. The standard InChI is InChI=1S/C17H30O2/c1-15(2)13-7-10-16(15,3)14(11-13)12-19-17(18)8-5-4-6-9-17/h13-14,18H,4-12H2,1-3H3/t13-,14+,16+/m1/s1. The topological polar surface area (TPSA) is 29.5 Å². The zero-order valence-corrected chi connectivity index (χ0v) is 12.9. The SMILES string of the molecule is CC1(C)[C@@H]2CC[C@@]1(C)[C@H](COC1(O)CCCCC1)C2. The molecule has 2 bridgehead atoms. The lowest BCUT2D eigenvalue weighted by Gasteiger charge is -2.41. The van der Waals surface area contributed by atoms with Crippen molar-refractivity contribution in [1.82, 2.24) is 0 Å². The van der Waals surface area contributed by atoms with E-state index in [0.29, 0.717) is 16.7 Å². The minimum atomic E-state index is -0.805. The van der Waals surface area contributed by atoms with Crippen LogP contribution in [0.25, 0.3) is 0 Å². The average Bonchev–Trinajstić information content (AvgIpc) is 2.70. The van der Waals surface area contributed by atoms with Crippen molar-refractivity contribution >= 4 is 0 Å². The van der Waals surface area contributed by atoms with Crippen LogP contribution in [0.2, 0.25) is 0 Å². The molecule has 2 nitrogen and oxygen atoms in total. The van der Waals surface area contributed by atoms with Crippen LogP contribution in [0.5, 0.6) is 0 Å². The van der Waals surface area contributed by atoms with Gasteiger partial charge >= 0.3 is 0 Å². The highest BCUT2D eigenvalue weighted by atomic mass is 16.6. The maximum absolute atomic E-state index is 10.5. The summed E-state index contributed by atoms with van der Waals surface area (Å²) in [6, 6.07) is 0. The summed E-state index contributed by atoms with van der Waals surface area (Å²) in [5, 5.41) is 10.5. The molecule has 1 N–H and O–H groups in total. The Kier molecular flexibility index (Phi) is 3.26. The molecular formula is C17H30O2. The van der Waals surface area contributed by atoms with E-state index < -0.39 is 5.79 Å². The number of hydrogen-bond acceptors (Lipinski definition) is 2. The van der Waals surface area contributed by atoms with Crippen LogP contribution < -0.4 is 0 Å². The Morgan fingerprint density at radius 2 is 1.74 bits per heavy atom. The monoisotopic (exact) mass is 266 g/mol. The number of ether oxygens (including phenoxy) is 1. The van der Waals surface area contributed by atoms with E-state index in [0.717, 1.165) is 38.2 Å². The molecule has 0 aliphatic heterocycles. The van der Waals surface area contributed by atoms with Crippen molar-refractivity contribution in [2.75, 3.05) is 6.61 Å². The third-order valence-corrected chi connectivity index (χ3v) is 7.16. The zero-order chi connectivity index (χ0) is 13.7. The summed E-state index contributed by atoms with van der Waals surface area (Å²) in [4.78, 5) is 0. The molecule has 0 aromatic heterocycles. The molecule has 110 valence electrons. The first-order valence-corrected chi connectivity index (χ1v) is 8.24. The van der Waals surface area contributed by atoms with Crippen LogP contribution in [0, 0.1) is 22.7 Å². The van der Waals surface area contributed by atoms with Gasteiger partial charge in [0.25, 0.3) is 0 Å². The molecule has 0 radical (unpaired) electrons. The van der Waals surface area contributed by atoms with Gasteiger partial charge in [-0.3, -0.25) is 0 Å². The molecule has 0 spiro atoms. The van der Waals surface area contributed by atoms with Gasteiger partial charge in [-0.2, -0.15) is 0 Å². The molecule has 0 saturated heterocycles. The van der Waals surface area contributed by atoms with Gasteiger partial charge in [-0.15, -0.1) is 0 Å². The average molecular weight is 266 g/mol. The second kappa shape index (κ2) is 4.46. The fourth-order valence-corrected chi connectivity index (χ4v) is 5.13. The van der Waals surface area contributed by atoms with Gasteiger partial charge in [0.2, 0.25) is 0 Å². The van der Waals surface area contributed by atoms with Crippen LogP contribution in [0.1, 0.15) is 72.1 Å². The Labute approximate surface area is 117 Å². The van der Waals surface area contributed by atoms with E-state index in [1.165, 1.54) is 25.7 Å². The maximum atomic E-state index is 10.5. The number of fused-ring (bicyclic) bond motifs is 2. The highest BCUT2D eigenvalue weighted by molar-refractivity contribution is 5.10. The van der Waals surface area contributed by atoms with Gasteiger partial charge in [-0.1, -0.05) is 27.2 Å². The molecule has 3 rings (SSSR count). The van der Waals surface area contributed by atoms with Gasteiger partial charge < -0.3 is 9.84 Å².